The van der Waals surface area contributed by atoms with Crippen LogP contribution in [-0.4, -0.2) is 22.6 Å². The van der Waals surface area contributed by atoms with Gasteiger partial charge in [0.1, 0.15) is 10.7 Å². The fourth-order valence-corrected chi connectivity index (χ4v) is 3.01. The molecule has 0 radical (unpaired) electrons. The maximum Gasteiger partial charge on any atom is 0.348 e. The molecule has 0 amide bonds. The highest BCUT2D eigenvalue weighted by Crippen LogP contribution is 2.18. The largest absolute Gasteiger partial charge is 0.465 e. The summed E-state index contributed by atoms with van der Waals surface area (Å²) in [5.74, 6) is -0.839. The molecule has 0 aliphatic heterocycles. The van der Waals surface area contributed by atoms with Gasteiger partial charge in [-0.1, -0.05) is 0 Å². The number of esters is 1. The molecule has 0 N–H and O–H groups in total. The van der Waals surface area contributed by atoms with E-state index in [1.807, 2.05) is 0 Å². The highest BCUT2D eigenvalue weighted by atomic mass is 32.1. The predicted molar refractivity (Wildman–Crippen MR) is 80.7 cm³/mol. The molecule has 1 aromatic carbocycles. The van der Waals surface area contributed by atoms with Gasteiger partial charge in [-0.3, -0.25) is 9.36 Å². The summed E-state index contributed by atoms with van der Waals surface area (Å²) in [6, 6.07) is 7.29. The van der Waals surface area contributed by atoms with E-state index in [1.54, 1.807) is 12.1 Å². The van der Waals surface area contributed by atoms with Gasteiger partial charge in [0.15, 0.2) is 0 Å². The molecule has 0 bridgehead atoms. The Morgan fingerprint density at radius 3 is 2.95 bits per heavy atom. The van der Waals surface area contributed by atoms with Crippen molar-refractivity contribution in [1.82, 2.24) is 9.55 Å². The number of carbonyl (C=O) groups is 1. The number of carbonyl (C=O) groups excluding carboxylic acids is 1. The Kier molecular flexibility index (Phi) is 3.72. The number of ether oxygens (including phenoxy) is 1. The number of halogens is 1. The third-order valence-corrected chi connectivity index (χ3v) is 4.21. The highest BCUT2D eigenvalue weighted by molar-refractivity contribution is 7.13. The number of methoxy groups -OCH3 is 1. The van der Waals surface area contributed by atoms with Gasteiger partial charge in [0, 0.05) is 10.9 Å². The lowest BCUT2D eigenvalue weighted by Gasteiger charge is -2.05. The van der Waals surface area contributed by atoms with E-state index < -0.39 is 11.8 Å². The molecule has 5 nitrogen and oxygen atoms in total. The summed E-state index contributed by atoms with van der Waals surface area (Å²) in [4.78, 5) is 29.2. The Morgan fingerprint density at radius 2 is 2.18 bits per heavy atom. The second kappa shape index (κ2) is 5.69. The van der Waals surface area contributed by atoms with Crippen LogP contribution in [0.4, 0.5) is 4.39 Å². The maximum atomic E-state index is 13.1. The standard InChI is InChI=1S/C15H11FN2O3S/c1-21-15(20)13-5-3-10(22-13)7-18-8-17-12-6-9(16)2-4-11(12)14(18)19/h2-6,8H,7H2,1H3. The molecule has 0 spiro atoms. The van der Waals surface area contributed by atoms with Crippen LogP contribution in [0, 0.1) is 5.82 Å². The molecule has 2 aromatic heterocycles. The van der Waals surface area contributed by atoms with Crippen LogP contribution >= 0.6 is 11.3 Å². The van der Waals surface area contributed by atoms with Crippen LogP contribution < -0.4 is 5.56 Å². The fraction of sp³-hybridized carbons (Fsp3) is 0.133. The zero-order chi connectivity index (χ0) is 15.7. The van der Waals surface area contributed by atoms with Crippen molar-refractivity contribution in [2.24, 2.45) is 0 Å². The SMILES string of the molecule is COC(=O)c1ccc(Cn2cnc3cc(F)ccc3c2=O)s1. The molecule has 22 heavy (non-hydrogen) atoms. The monoisotopic (exact) mass is 318 g/mol. The molecule has 3 rings (SSSR count). The molecule has 0 aliphatic rings. The van der Waals surface area contributed by atoms with E-state index in [0.29, 0.717) is 22.3 Å². The summed E-state index contributed by atoms with van der Waals surface area (Å²) in [5, 5.41) is 0.355. The Bertz CT molecular complexity index is 917. The van der Waals surface area contributed by atoms with Crippen molar-refractivity contribution in [2.75, 3.05) is 7.11 Å². The molecule has 112 valence electrons. The molecule has 3 aromatic rings. The molecular formula is C15H11FN2O3S. The summed E-state index contributed by atoms with van der Waals surface area (Å²) in [6.45, 7) is 0.292. The van der Waals surface area contributed by atoms with E-state index in [-0.39, 0.29) is 5.56 Å². The van der Waals surface area contributed by atoms with Crippen molar-refractivity contribution >= 4 is 28.2 Å². The van der Waals surface area contributed by atoms with Crippen LogP contribution in [0.1, 0.15) is 14.5 Å². The van der Waals surface area contributed by atoms with Crippen LogP contribution in [0.2, 0.25) is 0 Å². The van der Waals surface area contributed by atoms with Gasteiger partial charge in [-0.15, -0.1) is 11.3 Å². The second-order valence-electron chi connectivity index (χ2n) is 4.60. The average molecular weight is 318 g/mol. The maximum absolute atomic E-state index is 13.1. The van der Waals surface area contributed by atoms with Crippen LogP contribution in [0.3, 0.4) is 0 Å². The first-order valence-electron chi connectivity index (χ1n) is 6.40. The minimum Gasteiger partial charge on any atom is -0.465 e. The topological polar surface area (TPSA) is 61.2 Å². The van der Waals surface area contributed by atoms with E-state index in [2.05, 4.69) is 9.72 Å². The quantitative estimate of drug-likeness (QED) is 0.696. The van der Waals surface area contributed by atoms with Crippen molar-refractivity contribution in [3.8, 4) is 0 Å². The van der Waals surface area contributed by atoms with Gasteiger partial charge < -0.3 is 4.74 Å². The first-order valence-corrected chi connectivity index (χ1v) is 7.22. The molecule has 0 aliphatic carbocycles. The lowest BCUT2D eigenvalue weighted by molar-refractivity contribution is 0.0606. The van der Waals surface area contributed by atoms with Gasteiger partial charge in [0.2, 0.25) is 0 Å². The van der Waals surface area contributed by atoms with Crippen molar-refractivity contribution in [3.05, 3.63) is 62.6 Å². The number of hydrogen-bond donors (Lipinski definition) is 0. The summed E-state index contributed by atoms with van der Waals surface area (Å²) in [7, 11) is 1.32. The minimum atomic E-state index is -0.432. The highest BCUT2D eigenvalue weighted by Gasteiger charge is 2.11. The van der Waals surface area contributed by atoms with Gasteiger partial charge in [-0.25, -0.2) is 14.2 Å². The van der Waals surface area contributed by atoms with Crippen LogP contribution in [0.5, 0.6) is 0 Å². The number of aromatic nitrogens is 2. The van der Waals surface area contributed by atoms with Crippen molar-refractivity contribution in [3.63, 3.8) is 0 Å². The van der Waals surface area contributed by atoms with Crippen LogP contribution in [0.15, 0.2) is 41.5 Å². The van der Waals surface area contributed by atoms with Gasteiger partial charge in [0.05, 0.1) is 30.9 Å². The lowest BCUT2D eigenvalue weighted by atomic mass is 10.2. The molecule has 0 unspecified atom stereocenters. The Labute approximate surface area is 128 Å². The number of hydrogen-bond acceptors (Lipinski definition) is 5. The van der Waals surface area contributed by atoms with E-state index in [1.165, 1.54) is 47.5 Å². The van der Waals surface area contributed by atoms with Gasteiger partial charge >= 0.3 is 5.97 Å². The van der Waals surface area contributed by atoms with E-state index >= 15 is 0 Å². The molecule has 0 saturated heterocycles. The van der Waals surface area contributed by atoms with Gasteiger partial charge in [-0.05, 0) is 24.3 Å². The molecule has 2 heterocycles. The third-order valence-electron chi connectivity index (χ3n) is 3.16. The normalized spacial score (nSPS) is 10.8. The molecular weight excluding hydrogens is 307 g/mol. The summed E-state index contributed by atoms with van der Waals surface area (Å²) in [5.41, 5.74) is 0.0701. The Morgan fingerprint density at radius 1 is 1.36 bits per heavy atom. The molecule has 0 atom stereocenters. The van der Waals surface area contributed by atoms with Gasteiger partial charge in [-0.2, -0.15) is 0 Å². The summed E-state index contributed by atoms with van der Waals surface area (Å²) >= 11 is 1.25. The predicted octanol–water partition coefficient (Wildman–Crippen LogP) is 2.43. The van der Waals surface area contributed by atoms with Crippen molar-refractivity contribution in [2.45, 2.75) is 6.54 Å². The third kappa shape index (κ3) is 2.62. The Balaban J connectivity index is 1.96. The fourth-order valence-electron chi connectivity index (χ4n) is 2.09. The first-order chi connectivity index (χ1) is 10.6. The smallest absolute Gasteiger partial charge is 0.348 e. The zero-order valence-corrected chi connectivity index (χ0v) is 12.4. The number of nitrogens with zero attached hydrogens (tertiary/aromatic N) is 2. The van der Waals surface area contributed by atoms with Gasteiger partial charge in [0.25, 0.3) is 5.56 Å². The summed E-state index contributed by atoms with van der Waals surface area (Å²) in [6.07, 6.45) is 1.38. The van der Waals surface area contributed by atoms with Crippen molar-refractivity contribution < 1.29 is 13.9 Å². The lowest BCUT2D eigenvalue weighted by Crippen LogP contribution is -2.20. The van der Waals surface area contributed by atoms with E-state index in [9.17, 15) is 14.0 Å². The van der Waals surface area contributed by atoms with E-state index in [4.69, 9.17) is 0 Å². The van der Waals surface area contributed by atoms with E-state index in [0.717, 1.165) is 4.88 Å². The zero-order valence-electron chi connectivity index (χ0n) is 11.6. The minimum absolute atomic E-state index is 0.252. The second-order valence-corrected chi connectivity index (χ2v) is 5.76. The molecule has 0 fully saturated rings. The number of fused-ring (bicyclic) bond motifs is 1. The molecule has 7 heteroatoms. The van der Waals surface area contributed by atoms with Crippen molar-refractivity contribution in [1.29, 1.82) is 0 Å². The first kappa shape index (κ1) is 14.4. The Hall–Kier alpha value is -2.54. The summed E-state index contributed by atoms with van der Waals surface area (Å²) < 4.78 is 19.2. The number of thiophene rings is 1. The van der Waals surface area contributed by atoms with Crippen LogP contribution in [-0.2, 0) is 11.3 Å². The number of rotatable bonds is 3. The number of benzene rings is 1. The molecule has 0 saturated carbocycles. The van der Waals surface area contributed by atoms with Crippen LogP contribution in [0.25, 0.3) is 10.9 Å². The average Bonchev–Trinajstić information content (AvgIpc) is 2.98.